The highest BCUT2D eigenvalue weighted by molar-refractivity contribution is 6.29. The van der Waals surface area contributed by atoms with Gasteiger partial charge in [0.2, 0.25) is 0 Å². The van der Waals surface area contributed by atoms with E-state index in [4.69, 9.17) is 11.6 Å². The van der Waals surface area contributed by atoms with E-state index < -0.39 is 33.8 Å². The van der Waals surface area contributed by atoms with Crippen molar-refractivity contribution in [3.05, 3.63) is 33.1 Å². The van der Waals surface area contributed by atoms with Crippen molar-refractivity contribution in [1.82, 2.24) is 10.3 Å². The Hall–Kier alpha value is -1.90. The zero-order valence-corrected chi connectivity index (χ0v) is 10.5. The number of aromatic nitrogens is 1. The number of alkyl halides is 3. The molecule has 0 saturated heterocycles. The molecule has 6 nitrogen and oxygen atoms in total. The van der Waals surface area contributed by atoms with Gasteiger partial charge in [0.1, 0.15) is 22.5 Å². The Balaban J connectivity index is 2.31. The number of hydrogen-bond acceptors (Lipinski definition) is 4. The number of nitrogens with one attached hydrogen (secondary N) is 1. The van der Waals surface area contributed by atoms with Gasteiger partial charge in [0.05, 0.1) is 4.92 Å². The molecule has 1 N–H and O–H groups in total. The van der Waals surface area contributed by atoms with Gasteiger partial charge in [0, 0.05) is 0 Å². The summed E-state index contributed by atoms with van der Waals surface area (Å²) in [5.41, 5.74) is -3.55. The lowest BCUT2D eigenvalue weighted by Crippen LogP contribution is -2.48. The number of pyridine rings is 1. The number of amides is 1. The van der Waals surface area contributed by atoms with Crippen LogP contribution in [0.25, 0.3) is 0 Å². The summed E-state index contributed by atoms with van der Waals surface area (Å²) < 4.78 is 38.2. The van der Waals surface area contributed by atoms with Crippen molar-refractivity contribution in [3.63, 3.8) is 0 Å². The molecule has 0 atom stereocenters. The second-order valence-corrected chi connectivity index (χ2v) is 4.70. The Morgan fingerprint density at radius 2 is 2.10 bits per heavy atom. The number of carbonyl (C=O) groups is 1. The molecule has 0 unspecified atom stereocenters. The van der Waals surface area contributed by atoms with Crippen molar-refractivity contribution in [3.8, 4) is 0 Å². The number of hydrogen-bond donors (Lipinski definition) is 1. The van der Waals surface area contributed by atoms with Gasteiger partial charge >= 0.3 is 6.18 Å². The van der Waals surface area contributed by atoms with Crippen molar-refractivity contribution in [2.45, 2.75) is 24.6 Å². The van der Waals surface area contributed by atoms with Gasteiger partial charge in [0.15, 0.2) is 0 Å². The Bertz CT molecular complexity index is 587. The van der Waals surface area contributed by atoms with Gasteiger partial charge in [-0.3, -0.25) is 14.9 Å². The van der Waals surface area contributed by atoms with Crippen LogP contribution in [0.5, 0.6) is 0 Å². The van der Waals surface area contributed by atoms with E-state index in [1.807, 2.05) is 0 Å². The molecule has 108 valence electrons. The maximum Gasteiger partial charge on any atom is 0.411 e. The highest BCUT2D eigenvalue weighted by atomic mass is 35.5. The van der Waals surface area contributed by atoms with Crippen LogP contribution in [0.1, 0.15) is 23.2 Å². The summed E-state index contributed by atoms with van der Waals surface area (Å²) in [6.07, 6.45) is -4.39. The topological polar surface area (TPSA) is 85.1 Å². The number of nitro groups is 1. The average Bonchev–Trinajstić information content (AvgIpc) is 3.08. The Morgan fingerprint density at radius 3 is 2.55 bits per heavy atom. The molecular formula is C10H7ClF3N3O3. The lowest BCUT2D eigenvalue weighted by molar-refractivity contribution is -0.385. The molecule has 1 fully saturated rings. The molecule has 2 rings (SSSR count). The molecule has 20 heavy (non-hydrogen) atoms. The summed E-state index contributed by atoms with van der Waals surface area (Å²) in [5.74, 6) is -1.20. The first-order chi connectivity index (χ1) is 9.16. The fraction of sp³-hybridized carbons (Fsp3) is 0.400. The first kappa shape index (κ1) is 14.5. The second-order valence-electron chi connectivity index (χ2n) is 4.32. The minimum Gasteiger partial charge on any atom is -0.338 e. The molecule has 0 spiro atoms. The Morgan fingerprint density at radius 1 is 1.50 bits per heavy atom. The van der Waals surface area contributed by atoms with Crippen molar-refractivity contribution in [1.29, 1.82) is 0 Å². The maximum atomic E-state index is 12.7. The van der Waals surface area contributed by atoms with Gasteiger partial charge in [-0.2, -0.15) is 13.2 Å². The third-order valence-corrected chi connectivity index (χ3v) is 3.14. The van der Waals surface area contributed by atoms with Crippen LogP contribution in [0.4, 0.5) is 18.9 Å². The predicted octanol–water partition coefficient (Wildman–Crippen LogP) is 2.47. The van der Waals surface area contributed by atoms with Gasteiger partial charge in [-0.25, -0.2) is 4.98 Å². The fourth-order valence-corrected chi connectivity index (χ4v) is 1.80. The quantitative estimate of drug-likeness (QED) is 0.528. The monoisotopic (exact) mass is 309 g/mol. The van der Waals surface area contributed by atoms with Gasteiger partial charge in [0.25, 0.3) is 11.6 Å². The normalized spacial score (nSPS) is 16.6. The zero-order chi connectivity index (χ0) is 15.1. The summed E-state index contributed by atoms with van der Waals surface area (Å²) >= 11 is 5.51. The number of carbonyl (C=O) groups excluding carboxylic acids is 1. The summed E-state index contributed by atoms with van der Waals surface area (Å²) in [7, 11) is 0. The molecule has 0 aliphatic heterocycles. The lowest BCUT2D eigenvalue weighted by atomic mass is 10.2. The molecule has 1 aromatic rings. The zero-order valence-electron chi connectivity index (χ0n) is 9.70. The van der Waals surface area contributed by atoms with Gasteiger partial charge in [-0.1, -0.05) is 11.6 Å². The molecule has 1 heterocycles. The van der Waals surface area contributed by atoms with Crippen LogP contribution >= 0.6 is 11.6 Å². The van der Waals surface area contributed by atoms with Crippen LogP contribution in [-0.2, 0) is 0 Å². The Labute approximate surface area is 115 Å². The van der Waals surface area contributed by atoms with Crippen LogP contribution < -0.4 is 5.32 Å². The highest BCUT2D eigenvalue weighted by Crippen LogP contribution is 2.49. The van der Waals surface area contributed by atoms with Crippen molar-refractivity contribution in [2.24, 2.45) is 0 Å². The summed E-state index contributed by atoms with van der Waals surface area (Å²) in [5, 5.41) is 12.3. The highest BCUT2D eigenvalue weighted by Gasteiger charge is 2.64. The molecule has 1 aliphatic rings. The van der Waals surface area contributed by atoms with Gasteiger partial charge < -0.3 is 5.32 Å². The molecule has 0 radical (unpaired) electrons. The van der Waals surface area contributed by atoms with Gasteiger partial charge in [-0.05, 0) is 18.9 Å². The average molecular weight is 310 g/mol. The maximum absolute atomic E-state index is 12.7. The summed E-state index contributed by atoms with van der Waals surface area (Å²) in [6.45, 7) is 0. The van der Waals surface area contributed by atoms with E-state index in [1.54, 1.807) is 5.32 Å². The molecule has 1 aromatic heterocycles. The van der Waals surface area contributed by atoms with E-state index >= 15 is 0 Å². The third kappa shape index (κ3) is 2.53. The first-order valence-electron chi connectivity index (χ1n) is 5.35. The van der Waals surface area contributed by atoms with E-state index in [0.29, 0.717) is 0 Å². The molecule has 1 aliphatic carbocycles. The van der Waals surface area contributed by atoms with Crippen LogP contribution in [0.3, 0.4) is 0 Å². The predicted molar refractivity (Wildman–Crippen MR) is 61.4 cm³/mol. The lowest BCUT2D eigenvalue weighted by Gasteiger charge is -2.20. The standard InChI is InChI=1S/C10H7ClF3N3O3/c11-7-3-5(6(4-15-7)17(19)20)8(18)16-9(1-2-9)10(12,13)14/h3-4H,1-2H2,(H,16,18). The largest absolute Gasteiger partial charge is 0.411 e. The van der Waals surface area contributed by atoms with E-state index in [0.717, 1.165) is 12.3 Å². The third-order valence-electron chi connectivity index (χ3n) is 2.94. The molecule has 1 saturated carbocycles. The van der Waals surface area contributed by atoms with Gasteiger partial charge in [-0.15, -0.1) is 0 Å². The van der Waals surface area contributed by atoms with Crippen LogP contribution in [0, 0.1) is 10.1 Å². The fourth-order valence-electron chi connectivity index (χ4n) is 1.64. The Kier molecular flexibility index (Phi) is 3.32. The van der Waals surface area contributed by atoms with Crippen LogP contribution in [0.2, 0.25) is 5.15 Å². The number of halogens is 4. The molecule has 1 amide bonds. The first-order valence-corrected chi connectivity index (χ1v) is 5.73. The van der Waals surface area contributed by atoms with Crippen molar-refractivity contribution < 1.29 is 22.9 Å². The SMILES string of the molecule is O=C(NC1(C(F)(F)F)CC1)c1cc(Cl)ncc1[N+](=O)[O-]. The molecule has 10 heteroatoms. The minimum atomic E-state index is -4.60. The molecular weight excluding hydrogens is 303 g/mol. The smallest absolute Gasteiger partial charge is 0.338 e. The van der Waals surface area contributed by atoms with Crippen molar-refractivity contribution >= 4 is 23.2 Å². The second kappa shape index (κ2) is 4.58. The van der Waals surface area contributed by atoms with E-state index in [2.05, 4.69) is 4.98 Å². The van der Waals surface area contributed by atoms with Crippen LogP contribution in [0.15, 0.2) is 12.3 Å². The van der Waals surface area contributed by atoms with Crippen molar-refractivity contribution in [2.75, 3.05) is 0 Å². The van der Waals surface area contributed by atoms with E-state index in [-0.39, 0.29) is 18.0 Å². The minimum absolute atomic E-state index is 0.224. The summed E-state index contributed by atoms with van der Waals surface area (Å²) in [6, 6.07) is 0.863. The number of nitrogens with zero attached hydrogens (tertiary/aromatic N) is 2. The van der Waals surface area contributed by atoms with Crippen LogP contribution in [-0.4, -0.2) is 27.5 Å². The van der Waals surface area contributed by atoms with E-state index in [1.165, 1.54) is 0 Å². The molecule has 0 bridgehead atoms. The number of rotatable bonds is 3. The molecule has 0 aromatic carbocycles. The van der Waals surface area contributed by atoms with E-state index in [9.17, 15) is 28.1 Å². The summed E-state index contributed by atoms with van der Waals surface area (Å²) in [4.78, 5) is 25.1.